The van der Waals surface area contributed by atoms with Crippen molar-refractivity contribution in [3.63, 3.8) is 0 Å². The van der Waals surface area contributed by atoms with Crippen LogP contribution < -0.4 is 10.1 Å². The number of nitrogens with one attached hydrogen (secondary N) is 1. The second kappa shape index (κ2) is 9.53. The number of hydrogen-bond donors (Lipinski definition) is 1. The SMILES string of the molecule is COc1c(C(C)(CNC(=O)c2cc(-c3ncc(F)cc3F)no2)c2cccc(C#N)n2)c(C)nn1C. The summed E-state index contributed by atoms with van der Waals surface area (Å²) in [6.45, 7) is 3.65. The van der Waals surface area contributed by atoms with E-state index in [1.54, 1.807) is 36.9 Å². The minimum Gasteiger partial charge on any atom is -0.481 e. The average Bonchev–Trinajstić information content (AvgIpc) is 3.46. The van der Waals surface area contributed by atoms with Crippen LogP contribution in [0.1, 0.15) is 40.1 Å². The van der Waals surface area contributed by atoms with Gasteiger partial charge in [-0.25, -0.2) is 23.4 Å². The maximum Gasteiger partial charge on any atom is 0.289 e. The Morgan fingerprint density at radius 3 is 2.81 bits per heavy atom. The summed E-state index contributed by atoms with van der Waals surface area (Å²) in [4.78, 5) is 21.1. The minimum atomic E-state index is -0.973. The molecule has 0 aliphatic heterocycles. The van der Waals surface area contributed by atoms with Gasteiger partial charge in [0.05, 0.1) is 35.7 Å². The van der Waals surface area contributed by atoms with Gasteiger partial charge >= 0.3 is 0 Å². The Balaban J connectivity index is 1.67. The lowest BCUT2D eigenvalue weighted by molar-refractivity contribution is 0.0910. The van der Waals surface area contributed by atoms with Gasteiger partial charge in [0, 0.05) is 25.7 Å². The predicted octanol–water partition coefficient (Wildman–Crippen LogP) is 3.07. The lowest BCUT2D eigenvalue weighted by atomic mass is 9.78. The monoisotopic (exact) mass is 493 g/mol. The van der Waals surface area contributed by atoms with Crippen molar-refractivity contribution >= 4 is 5.91 Å². The molecular weight excluding hydrogens is 472 g/mol. The number of carbonyl (C=O) groups excluding carboxylic acids is 1. The molecule has 0 aliphatic carbocycles. The van der Waals surface area contributed by atoms with Crippen molar-refractivity contribution in [1.82, 2.24) is 30.2 Å². The molecule has 1 amide bonds. The molecule has 0 fully saturated rings. The number of methoxy groups -OCH3 is 1. The Morgan fingerprint density at radius 1 is 1.33 bits per heavy atom. The summed E-state index contributed by atoms with van der Waals surface area (Å²) in [5.74, 6) is -2.16. The highest BCUT2D eigenvalue weighted by Crippen LogP contribution is 2.38. The fourth-order valence-corrected chi connectivity index (χ4v) is 4.06. The quantitative estimate of drug-likeness (QED) is 0.416. The van der Waals surface area contributed by atoms with E-state index in [0.29, 0.717) is 28.9 Å². The first-order valence-electron chi connectivity index (χ1n) is 10.7. The molecule has 36 heavy (non-hydrogen) atoms. The number of nitrogens with zero attached hydrogens (tertiary/aromatic N) is 6. The van der Waals surface area contributed by atoms with E-state index in [2.05, 4.69) is 25.5 Å². The summed E-state index contributed by atoms with van der Waals surface area (Å²) in [6.07, 6.45) is 0.838. The van der Waals surface area contributed by atoms with Gasteiger partial charge in [-0.05, 0) is 26.0 Å². The second-order valence-corrected chi connectivity index (χ2v) is 8.19. The maximum absolute atomic E-state index is 14.1. The largest absolute Gasteiger partial charge is 0.481 e. The zero-order valence-electron chi connectivity index (χ0n) is 19.8. The van der Waals surface area contributed by atoms with Crippen LogP contribution >= 0.6 is 0 Å². The van der Waals surface area contributed by atoms with Crippen LogP contribution in [0.15, 0.2) is 41.1 Å². The van der Waals surface area contributed by atoms with Crippen LogP contribution in [0.4, 0.5) is 8.78 Å². The molecule has 0 aromatic carbocycles. The molecule has 0 radical (unpaired) electrons. The Labute approximate surface area is 204 Å². The lowest BCUT2D eigenvalue weighted by Gasteiger charge is -2.30. The van der Waals surface area contributed by atoms with Gasteiger partial charge in [-0.3, -0.25) is 4.79 Å². The van der Waals surface area contributed by atoms with Crippen LogP contribution in [-0.4, -0.2) is 44.5 Å². The van der Waals surface area contributed by atoms with Crippen molar-refractivity contribution in [2.24, 2.45) is 7.05 Å². The van der Waals surface area contributed by atoms with Crippen LogP contribution in [0, 0.1) is 29.9 Å². The van der Waals surface area contributed by atoms with E-state index in [1.807, 2.05) is 13.0 Å². The average molecular weight is 493 g/mol. The molecule has 4 aromatic rings. The maximum atomic E-state index is 14.1. The minimum absolute atomic E-state index is 0.00972. The van der Waals surface area contributed by atoms with Gasteiger partial charge in [-0.1, -0.05) is 11.2 Å². The Bertz CT molecular complexity index is 1490. The molecule has 12 heteroatoms. The Morgan fingerprint density at radius 2 is 2.11 bits per heavy atom. The first-order chi connectivity index (χ1) is 17.2. The van der Waals surface area contributed by atoms with E-state index in [9.17, 15) is 18.8 Å². The van der Waals surface area contributed by atoms with Crippen molar-refractivity contribution in [3.8, 4) is 23.3 Å². The van der Waals surface area contributed by atoms with Crippen LogP contribution in [0.2, 0.25) is 0 Å². The summed E-state index contributed by atoms with van der Waals surface area (Å²) >= 11 is 0. The third kappa shape index (κ3) is 4.38. The number of halogens is 2. The highest BCUT2D eigenvalue weighted by molar-refractivity contribution is 5.92. The molecule has 0 saturated carbocycles. The third-order valence-electron chi connectivity index (χ3n) is 5.73. The summed E-state index contributed by atoms with van der Waals surface area (Å²) in [5.41, 5.74) is 0.748. The van der Waals surface area contributed by atoms with E-state index in [0.717, 1.165) is 6.20 Å². The van der Waals surface area contributed by atoms with Gasteiger partial charge in [0.25, 0.3) is 5.91 Å². The zero-order chi connectivity index (χ0) is 26.0. The molecule has 1 N–H and O–H groups in total. The summed E-state index contributed by atoms with van der Waals surface area (Å²) < 4.78 is 39.5. The van der Waals surface area contributed by atoms with Gasteiger partial charge < -0.3 is 14.6 Å². The second-order valence-electron chi connectivity index (χ2n) is 8.19. The number of nitriles is 1. The number of aromatic nitrogens is 5. The number of pyridine rings is 2. The molecule has 4 aromatic heterocycles. The van der Waals surface area contributed by atoms with Crippen molar-refractivity contribution in [2.45, 2.75) is 19.3 Å². The van der Waals surface area contributed by atoms with Crippen molar-refractivity contribution in [1.29, 1.82) is 5.26 Å². The van der Waals surface area contributed by atoms with E-state index in [1.165, 1.54) is 13.2 Å². The number of carbonyl (C=O) groups is 1. The zero-order valence-corrected chi connectivity index (χ0v) is 19.8. The third-order valence-corrected chi connectivity index (χ3v) is 5.73. The number of rotatable bonds is 7. The Kier molecular flexibility index (Phi) is 6.48. The van der Waals surface area contributed by atoms with Gasteiger partial charge in [0.15, 0.2) is 5.82 Å². The predicted molar refractivity (Wildman–Crippen MR) is 122 cm³/mol. The molecule has 0 aliphatic rings. The standard InChI is InChI=1S/C24H21F2N7O3/c1-13-20(23(35-4)33(3)31-13)24(2,19-7-5-6-15(10-27)30-19)12-29-22(34)18-9-17(32-36-18)21-16(26)8-14(25)11-28-21/h5-9,11H,12H2,1-4H3,(H,29,34). The van der Waals surface area contributed by atoms with E-state index < -0.39 is 23.0 Å². The first-order valence-corrected chi connectivity index (χ1v) is 10.7. The highest BCUT2D eigenvalue weighted by atomic mass is 19.1. The summed E-state index contributed by atoms with van der Waals surface area (Å²) in [6, 6.07) is 8.92. The molecule has 4 heterocycles. The number of amides is 1. The number of aryl methyl sites for hydroxylation is 2. The fourth-order valence-electron chi connectivity index (χ4n) is 4.06. The van der Waals surface area contributed by atoms with E-state index >= 15 is 0 Å². The topological polar surface area (TPSA) is 132 Å². The van der Waals surface area contributed by atoms with E-state index in [4.69, 9.17) is 9.26 Å². The fraction of sp³-hybridized carbons (Fsp3) is 0.250. The van der Waals surface area contributed by atoms with Gasteiger partial charge in [0.1, 0.15) is 29.0 Å². The number of ether oxygens (including phenoxy) is 1. The van der Waals surface area contributed by atoms with Gasteiger partial charge in [-0.2, -0.15) is 10.4 Å². The van der Waals surface area contributed by atoms with Crippen LogP contribution in [0.3, 0.4) is 0 Å². The summed E-state index contributed by atoms with van der Waals surface area (Å²) in [5, 5.41) is 20.3. The Hall–Kier alpha value is -4.66. The molecule has 1 atom stereocenters. The normalized spacial score (nSPS) is 12.6. The number of hydrogen-bond acceptors (Lipinski definition) is 8. The molecule has 0 spiro atoms. The summed E-state index contributed by atoms with van der Waals surface area (Å²) in [7, 11) is 3.24. The molecule has 0 bridgehead atoms. The smallest absolute Gasteiger partial charge is 0.289 e. The van der Waals surface area contributed by atoms with Gasteiger partial charge in [0.2, 0.25) is 11.6 Å². The lowest BCUT2D eigenvalue weighted by Crippen LogP contribution is -2.40. The van der Waals surface area contributed by atoms with Crippen LogP contribution in [-0.2, 0) is 12.5 Å². The highest BCUT2D eigenvalue weighted by Gasteiger charge is 2.38. The molecule has 10 nitrogen and oxygen atoms in total. The van der Waals surface area contributed by atoms with Gasteiger partial charge in [-0.15, -0.1) is 0 Å². The molecule has 0 saturated heterocycles. The van der Waals surface area contributed by atoms with Crippen LogP contribution in [0.5, 0.6) is 5.88 Å². The molecule has 1 unspecified atom stereocenters. The first kappa shape index (κ1) is 24.5. The van der Waals surface area contributed by atoms with Crippen molar-refractivity contribution < 1.29 is 22.8 Å². The molecular formula is C24H21F2N7O3. The molecule has 184 valence electrons. The van der Waals surface area contributed by atoms with Crippen molar-refractivity contribution in [3.05, 3.63) is 76.6 Å². The van der Waals surface area contributed by atoms with Crippen molar-refractivity contribution in [2.75, 3.05) is 13.7 Å². The van der Waals surface area contributed by atoms with Crippen LogP contribution in [0.25, 0.3) is 11.4 Å². The van der Waals surface area contributed by atoms with E-state index in [-0.39, 0.29) is 29.4 Å². The molecule has 4 rings (SSSR count).